The van der Waals surface area contributed by atoms with Crippen LogP contribution in [0.4, 0.5) is 0 Å². The number of benzene rings is 2. The van der Waals surface area contributed by atoms with Crippen LogP contribution < -0.4 is 4.74 Å². The number of carboxylic acids is 2. The van der Waals surface area contributed by atoms with E-state index in [0.717, 1.165) is 5.56 Å². The number of nitrogens with zero attached hydrogens (tertiary/aromatic N) is 1. The van der Waals surface area contributed by atoms with E-state index < -0.39 is 11.9 Å². The maximum absolute atomic E-state index is 11.4. The molecule has 0 aliphatic carbocycles. The summed E-state index contributed by atoms with van der Waals surface area (Å²) in [4.78, 5) is 22.4. The second-order valence-corrected chi connectivity index (χ2v) is 5.60. The molecular weight excluding hydrogens is 326 g/mol. The van der Waals surface area contributed by atoms with Gasteiger partial charge in [0.15, 0.2) is 0 Å². The molecule has 1 aromatic heterocycles. The first-order valence-corrected chi connectivity index (χ1v) is 7.41. The largest absolute Gasteiger partial charge is 0.506 e. The molecule has 7 nitrogen and oxygen atoms in total. The third-order valence-corrected chi connectivity index (χ3v) is 3.72. The second-order valence-electron chi connectivity index (χ2n) is 5.60. The molecule has 1 heterocycles. The van der Waals surface area contributed by atoms with Crippen molar-refractivity contribution in [3.8, 4) is 17.4 Å². The van der Waals surface area contributed by atoms with Gasteiger partial charge in [-0.15, -0.1) is 0 Å². The average molecular weight is 341 g/mol. The number of aliphatic carboxylic acids is 1. The molecule has 0 saturated heterocycles. The van der Waals surface area contributed by atoms with Crippen LogP contribution in [0.3, 0.4) is 0 Å². The molecule has 0 radical (unpaired) electrons. The number of fused-ring (bicyclic) bond motifs is 1. The van der Waals surface area contributed by atoms with Crippen LogP contribution in [0, 0.1) is 6.92 Å². The van der Waals surface area contributed by atoms with Gasteiger partial charge in [-0.3, -0.25) is 4.79 Å². The predicted octanol–water partition coefficient (Wildman–Crippen LogP) is 3.23. The Labute approximate surface area is 142 Å². The van der Waals surface area contributed by atoms with Crippen molar-refractivity contribution in [2.45, 2.75) is 13.5 Å². The number of aromatic carboxylic acids is 1. The Morgan fingerprint density at radius 2 is 1.80 bits per heavy atom. The summed E-state index contributed by atoms with van der Waals surface area (Å²) in [6, 6.07) is 9.57. The fourth-order valence-electron chi connectivity index (χ4n) is 2.67. The Hall–Kier alpha value is -3.48. The van der Waals surface area contributed by atoms with Crippen molar-refractivity contribution in [1.82, 2.24) is 4.57 Å². The number of phenols is 1. The van der Waals surface area contributed by atoms with Crippen LogP contribution in [0.5, 0.6) is 17.4 Å². The van der Waals surface area contributed by atoms with Crippen LogP contribution in [-0.2, 0) is 11.3 Å². The number of aryl methyl sites for hydroxylation is 1. The molecule has 3 N–H and O–H groups in total. The second kappa shape index (κ2) is 6.20. The Morgan fingerprint density at radius 1 is 1.12 bits per heavy atom. The molecule has 2 aromatic carbocycles. The van der Waals surface area contributed by atoms with E-state index in [9.17, 15) is 19.8 Å². The third-order valence-electron chi connectivity index (χ3n) is 3.72. The van der Waals surface area contributed by atoms with Gasteiger partial charge in [0.1, 0.15) is 23.6 Å². The van der Waals surface area contributed by atoms with Gasteiger partial charge in [0.25, 0.3) is 0 Å². The molecule has 128 valence electrons. The number of ether oxygens (including phenoxy) is 1. The van der Waals surface area contributed by atoms with Gasteiger partial charge in [0, 0.05) is 23.0 Å². The molecule has 0 saturated carbocycles. The average Bonchev–Trinajstić information content (AvgIpc) is 2.88. The highest BCUT2D eigenvalue weighted by molar-refractivity contribution is 6.03. The molecule has 3 aromatic rings. The molecular formula is C18H15NO6. The van der Waals surface area contributed by atoms with Gasteiger partial charge in [0.05, 0.1) is 0 Å². The van der Waals surface area contributed by atoms with Crippen molar-refractivity contribution in [3.63, 3.8) is 0 Å². The van der Waals surface area contributed by atoms with Gasteiger partial charge >= 0.3 is 11.9 Å². The van der Waals surface area contributed by atoms with Crippen LogP contribution in [0.15, 0.2) is 42.6 Å². The molecule has 7 heteroatoms. The number of hydrogen-bond donors (Lipinski definition) is 3. The molecule has 0 bridgehead atoms. The normalized spacial score (nSPS) is 10.8. The van der Waals surface area contributed by atoms with Crippen LogP contribution in [0.1, 0.15) is 15.9 Å². The maximum Gasteiger partial charge on any atom is 0.339 e. The minimum Gasteiger partial charge on any atom is -0.506 e. The summed E-state index contributed by atoms with van der Waals surface area (Å²) in [5.74, 6) is -2.16. The zero-order chi connectivity index (χ0) is 18.1. The van der Waals surface area contributed by atoms with Crippen molar-refractivity contribution in [3.05, 3.63) is 53.7 Å². The number of carboxylic acid groups (broad SMARTS) is 2. The lowest BCUT2D eigenvalue weighted by molar-refractivity contribution is -0.137. The number of rotatable bonds is 5. The molecule has 0 atom stereocenters. The Kier molecular flexibility index (Phi) is 4.06. The lowest BCUT2D eigenvalue weighted by Gasteiger charge is -2.13. The summed E-state index contributed by atoms with van der Waals surface area (Å²) in [5.41, 5.74) is 0.513. The van der Waals surface area contributed by atoms with Crippen LogP contribution in [-0.4, -0.2) is 31.8 Å². The van der Waals surface area contributed by atoms with Gasteiger partial charge < -0.3 is 24.6 Å². The van der Waals surface area contributed by atoms with Gasteiger partial charge in [-0.05, 0) is 18.6 Å². The topological polar surface area (TPSA) is 109 Å². The van der Waals surface area contributed by atoms with E-state index in [1.54, 1.807) is 43.5 Å². The SMILES string of the molecule is Cc1cc(Oc2cc(C(=O)O)c(O)c3ccccc23)n(CC(=O)O)c1. The first kappa shape index (κ1) is 16.4. The van der Waals surface area contributed by atoms with Crippen molar-refractivity contribution >= 4 is 22.7 Å². The molecule has 0 spiro atoms. The quantitative estimate of drug-likeness (QED) is 0.657. The Balaban J connectivity index is 2.15. The number of aromatic nitrogens is 1. The highest BCUT2D eigenvalue weighted by Gasteiger charge is 2.18. The molecule has 0 fully saturated rings. The van der Waals surface area contributed by atoms with Crippen molar-refractivity contribution in [2.75, 3.05) is 0 Å². The summed E-state index contributed by atoms with van der Waals surface area (Å²) in [5, 5.41) is 29.3. The smallest absolute Gasteiger partial charge is 0.339 e. The third kappa shape index (κ3) is 3.12. The van der Waals surface area contributed by atoms with E-state index in [0.29, 0.717) is 10.8 Å². The number of aromatic hydroxyl groups is 1. The lowest BCUT2D eigenvalue weighted by Crippen LogP contribution is -2.09. The van der Waals surface area contributed by atoms with Crippen molar-refractivity contribution in [1.29, 1.82) is 0 Å². The fourth-order valence-corrected chi connectivity index (χ4v) is 2.67. The first-order chi connectivity index (χ1) is 11.9. The molecule has 3 rings (SSSR count). The number of carbonyl (C=O) groups is 2. The molecule has 0 aliphatic rings. The van der Waals surface area contributed by atoms with E-state index in [-0.39, 0.29) is 29.5 Å². The minimum atomic E-state index is -1.29. The molecule has 25 heavy (non-hydrogen) atoms. The summed E-state index contributed by atoms with van der Waals surface area (Å²) >= 11 is 0. The van der Waals surface area contributed by atoms with Gasteiger partial charge in [-0.2, -0.15) is 0 Å². The van der Waals surface area contributed by atoms with Gasteiger partial charge in [0.2, 0.25) is 5.88 Å². The van der Waals surface area contributed by atoms with Crippen molar-refractivity contribution in [2.24, 2.45) is 0 Å². The van der Waals surface area contributed by atoms with Crippen LogP contribution >= 0.6 is 0 Å². The summed E-state index contributed by atoms with van der Waals surface area (Å²) in [6.45, 7) is 1.51. The summed E-state index contributed by atoms with van der Waals surface area (Å²) in [7, 11) is 0. The monoisotopic (exact) mass is 341 g/mol. The van der Waals surface area contributed by atoms with Gasteiger partial charge in [-0.1, -0.05) is 24.3 Å². The Morgan fingerprint density at radius 3 is 2.44 bits per heavy atom. The highest BCUT2D eigenvalue weighted by atomic mass is 16.5. The standard InChI is InChI=1S/C18H15NO6/c1-10-6-15(19(8-10)9-16(20)21)25-14-7-13(18(23)24)17(22)12-5-3-2-4-11(12)14/h2-8,22H,9H2,1H3,(H,20,21)(H,23,24). The van der Waals surface area contributed by atoms with Crippen LogP contribution in [0.25, 0.3) is 10.8 Å². The van der Waals surface area contributed by atoms with Crippen LogP contribution in [0.2, 0.25) is 0 Å². The summed E-state index contributed by atoms with van der Waals surface area (Å²) in [6.07, 6.45) is 1.63. The number of hydrogen-bond acceptors (Lipinski definition) is 4. The molecule has 0 unspecified atom stereocenters. The van der Waals surface area contributed by atoms with Gasteiger partial charge in [-0.25, -0.2) is 4.79 Å². The van der Waals surface area contributed by atoms with Crippen molar-refractivity contribution < 1.29 is 29.6 Å². The zero-order valence-corrected chi connectivity index (χ0v) is 13.3. The summed E-state index contributed by atoms with van der Waals surface area (Å²) < 4.78 is 7.23. The van der Waals surface area contributed by atoms with E-state index >= 15 is 0 Å². The van der Waals surface area contributed by atoms with E-state index in [1.807, 2.05) is 0 Å². The maximum atomic E-state index is 11.4. The zero-order valence-electron chi connectivity index (χ0n) is 13.3. The van der Waals surface area contributed by atoms with E-state index in [4.69, 9.17) is 9.84 Å². The molecule has 0 aliphatic heterocycles. The molecule has 0 amide bonds. The minimum absolute atomic E-state index is 0.218. The fraction of sp³-hybridized carbons (Fsp3) is 0.111. The van der Waals surface area contributed by atoms with E-state index in [2.05, 4.69) is 0 Å². The van der Waals surface area contributed by atoms with E-state index in [1.165, 1.54) is 10.6 Å². The highest BCUT2D eigenvalue weighted by Crippen LogP contribution is 2.38. The lowest BCUT2D eigenvalue weighted by atomic mass is 10.0. The first-order valence-electron chi connectivity index (χ1n) is 7.41. The predicted molar refractivity (Wildman–Crippen MR) is 89.5 cm³/mol. The Bertz CT molecular complexity index is 989.